The highest BCUT2D eigenvalue weighted by atomic mass is 15.1. The molecule has 0 aliphatic carbocycles. The lowest BCUT2D eigenvalue weighted by atomic mass is 9.95. The first-order valence-electron chi connectivity index (χ1n) is 8.26. The van der Waals surface area contributed by atoms with Crippen LogP contribution < -0.4 is 10.6 Å². The predicted octanol–water partition coefficient (Wildman–Crippen LogP) is 3.52. The normalized spacial score (nSPS) is 10.3. The first kappa shape index (κ1) is 17.1. The number of hydrogen-bond donors (Lipinski definition) is 1. The third-order valence-corrected chi connectivity index (χ3v) is 4.10. The van der Waals surface area contributed by atoms with Gasteiger partial charge in [-0.2, -0.15) is 5.26 Å². The number of nitriles is 1. The Bertz CT molecular complexity index is 644. The second-order valence-electron chi connectivity index (χ2n) is 5.60. The molecule has 23 heavy (non-hydrogen) atoms. The largest absolute Gasteiger partial charge is 0.371 e. The van der Waals surface area contributed by atoms with E-state index >= 15 is 0 Å². The third kappa shape index (κ3) is 4.58. The van der Waals surface area contributed by atoms with Crippen LogP contribution in [0, 0.1) is 11.3 Å². The Morgan fingerprint density at radius 3 is 2.52 bits per heavy atom. The van der Waals surface area contributed by atoms with Gasteiger partial charge in [-0.3, -0.25) is 0 Å². The number of benzene rings is 2. The summed E-state index contributed by atoms with van der Waals surface area (Å²) in [6.45, 7) is 4.43. The molecule has 0 aliphatic rings. The van der Waals surface area contributed by atoms with Gasteiger partial charge < -0.3 is 10.6 Å². The van der Waals surface area contributed by atoms with Gasteiger partial charge >= 0.3 is 0 Å². The van der Waals surface area contributed by atoms with Crippen LogP contribution in [0.2, 0.25) is 0 Å². The molecule has 0 fully saturated rings. The van der Waals surface area contributed by atoms with Gasteiger partial charge in [0.2, 0.25) is 0 Å². The zero-order valence-corrected chi connectivity index (χ0v) is 13.8. The van der Waals surface area contributed by atoms with E-state index in [-0.39, 0.29) is 0 Å². The molecule has 0 radical (unpaired) electrons. The van der Waals surface area contributed by atoms with Crippen molar-refractivity contribution in [1.29, 1.82) is 5.26 Å². The zero-order valence-electron chi connectivity index (χ0n) is 13.8. The second kappa shape index (κ2) is 8.97. The highest BCUT2D eigenvalue weighted by Gasteiger charge is 2.13. The maximum Gasteiger partial charge on any atom is 0.0640 e. The highest BCUT2D eigenvalue weighted by molar-refractivity contribution is 5.58. The van der Waals surface area contributed by atoms with E-state index in [1.807, 2.05) is 6.07 Å². The van der Waals surface area contributed by atoms with E-state index in [4.69, 9.17) is 11.0 Å². The second-order valence-corrected chi connectivity index (χ2v) is 5.60. The molecule has 120 valence electrons. The van der Waals surface area contributed by atoms with Crippen LogP contribution in [0.3, 0.4) is 0 Å². The van der Waals surface area contributed by atoms with Gasteiger partial charge in [0.1, 0.15) is 0 Å². The third-order valence-electron chi connectivity index (χ3n) is 4.10. The molecule has 0 aromatic heterocycles. The van der Waals surface area contributed by atoms with Crippen molar-refractivity contribution in [3.63, 3.8) is 0 Å². The molecular formula is C20H25N3. The molecule has 3 nitrogen and oxygen atoms in total. The number of rotatable bonds is 8. The van der Waals surface area contributed by atoms with Gasteiger partial charge in [0.25, 0.3) is 0 Å². The molecule has 2 aromatic rings. The molecule has 0 bridgehead atoms. The van der Waals surface area contributed by atoms with Crippen molar-refractivity contribution in [3.05, 3.63) is 65.2 Å². The molecule has 0 unspecified atom stereocenters. The van der Waals surface area contributed by atoms with Crippen molar-refractivity contribution in [2.45, 2.75) is 26.2 Å². The fourth-order valence-electron chi connectivity index (χ4n) is 2.97. The Morgan fingerprint density at radius 2 is 1.87 bits per heavy atom. The van der Waals surface area contributed by atoms with E-state index in [1.54, 1.807) is 0 Å². The van der Waals surface area contributed by atoms with Crippen LogP contribution in [0.1, 0.15) is 30.0 Å². The van der Waals surface area contributed by atoms with Crippen LogP contribution >= 0.6 is 0 Å². The zero-order chi connectivity index (χ0) is 16.5. The predicted molar refractivity (Wildman–Crippen MR) is 96.6 cm³/mol. The molecule has 0 aliphatic heterocycles. The number of anilines is 1. The summed E-state index contributed by atoms with van der Waals surface area (Å²) in [5, 5.41) is 8.88. The smallest absolute Gasteiger partial charge is 0.0640 e. The lowest BCUT2D eigenvalue weighted by Gasteiger charge is -2.26. The first-order valence-corrected chi connectivity index (χ1v) is 8.26. The van der Waals surface area contributed by atoms with Gasteiger partial charge in [-0.1, -0.05) is 42.5 Å². The van der Waals surface area contributed by atoms with Crippen LogP contribution in [0.25, 0.3) is 0 Å². The van der Waals surface area contributed by atoms with Crippen LogP contribution in [0.15, 0.2) is 48.5 Å². The molecule has 2 rings (SSSR count). The summed E-state index contributed by atoms with van der Waals surface area (Å²) in [5.74, 6) is 0. The van der Waals surface area contributed by atoms with Crippen molar-refractivity contribution < 1.29 is 0 Å². The van der Waals surface area contributed by atoms with Crippen LogP contribution in [0.5, 0.6) is 0 Å². The van der Waals surface area contributed by atoms with E-state index in [0.717, 1.165) is 25.9 Å². The van der Waals surface area contributed by atoms with Crippen molar-refractivity contribution >= 4 is 5.69 Å². The van der Waals surface area contributed by atoms with Crippen LogP contribution in [-0.2, 0) is 12.8 Å². The monoisotopic (exact) mass is 307 g/mol. The Morgan fingerprint density at radius 1 is 1.09 bits per heavy atom. The quantitative estimate of drug-likeness (QED) is 0.812. The minimum atomic E-state index is 0.540. The summed E-state index contributed by atoms with van der Waals surface area (Å²) in [6.07, 6.45) is 2.32. The van der Waals surface area contributed by atoms with Gasteiger partial charge in [-0.05, 0) is 49.1 Å². The summed E-state index contributed by atoms with van der Waals surface area (Å²) in [4.78, 5) is 2.28. The van der Waals surface area contributed by atoms with Crippen LogP contribution in [0.4, 0.5) is 5.69 Å². The van der Waals surface area contributed by atoms with Gasteiger partial charge in [-0.15, -0.1) is 0 Å². The van der Waals surface area contributed by atoms with Gasteiger partial charge in [0, 0.05) is 18.8 Å². The Labute approximate surface area is 139 Å². The average Bonchev–Trinajstić information content (AvgIpc) is 2.59. The SMILES string of the molecule is CCN(CCC#N)c1cccc(Cc2ccccc2)c1CCN. The van der Waals surface area contributed by atoms with Gasteiger partial charge in [0.15, 0.2) is 0 Å². The summed E-state index contributed by atoms with van der Waals surface area (Å²) < 4.78 is 0. The van der Waals surface area contributed by atoms with Gasteiger partial charge in [-0.25, -0.2) is 0 Å². The molecular weight excluding hydrogens is 282 g/mol. The lowest BCUT2D eigenvalue weighted by Crippen LogP contribution is -2.26. The molecule has 0 spiro atoms. The summed E-state index contributed by atoms with van der Waals surface area (Å²) in [6, 6.07) is 19.2. The Balaban J connectivity index is 2.35. The minimum Gasteiger partial charge on any atom is -0.371 e. The number of nitrogens with zero attached hydrogens (tertiary/aromatic N) is 2. The highest BCUT2D eigenvalue weighted by Crippen LogP contribution is 2.26. The van der Waals surface area contributed by atoms with Crippen LogP contribution in [-0.4, -0.2) is 19.6 Å². The average molecular weight is 307 g/mol. The summed E-state index contributed by atoms with van der Waals surface area (Å²) in [5.41, 5.74) is 11.0. The van der Waals surface area contributed by atoms with E-state index < -0.39 is 0 Å². The molecule has 0 amide bonds. The fraction of sp³-hybridized carbons (Fsp3) is 0.350. The summed E-state index contributed by atoms with van der Waals surface area (Å²) in [7, 11) is 0. The molecule has 3 heteroatoms. The maximum absolute atomic E-state index is 8.88. The Kier molecular flexibility index (Phi) is 6.65. The standard InChI is InChI=1S/C20H25N3/c1-2-23(15-7-13-21)20-11-6-10-18(19(20)12-14-22)16-17-8-4-3-5-9-17/h3-6,8-11H,2,7,12,14-16,22H2,1H3. The van der Waals surface area contributed by atoms with E-state index in [9.17, 15) is 0 Å². The van der Waals surface area contributed by atoms with E-state index in [1.165, 1.54) is 22.4 Å². The van der Waals surface area contributed by atoms with Crippen molar-refractivity contribution in [2.75, 3.05) is 24.5 Å². The Hall–Kier alpha value is -2.31. The van der Waals surface area contributed by atoms with Gasteiger partial charge in [0.05, 0.1) is 12.5 Å². The number of nitrogens with two attached hydrogens (primary N) is 1. The number of hydrogen-bond acceptors (Lipinski definition) is 3. The molecule has 0 saturated carbocycles. The van der Waals surface area contributed by atoms with E-state index in [2.05, 4.69) is 60.4 Å². The minimum absolute atomic E-state index is 0.540. The summed E-state index contributed by atoms with van der Waals surface area (Å²) >= 11 is 0. The van der Waals surface area contributed by atoms with Crippen molar-refractivity contribution in [2.24, 2.45) is 5.73 Å². The maximum atomic E-state index is 8.88. The molecule has 0 saturated heterocycles. The molecule has 2 aromatic carbocycles. The first-order chi connectivity index (χ1) is 11.3. The lowest BCUT2D eigenvalue weighted by molar-refractivity contribution is 0.812. The molecule has 0 atom stereocenters. The van der Waals surface area contributed by atoms with Crippen molar-refractivity contribution in [3.8, 4) is 6.07 Å². The van der Waals surface area contributed by atoms with Crippen molar-refractivity contribution in [1.82, 2.24) is 0 Å². The fourth-order valence-corrected chi connectivity index (χ4v) is 2.97. The molecule has 2 N–H and O–H groups in total. The van der Waals surface area contributed by atoms with E-state index in [0.29, 0.717) is 13.0 Å². The topological polar surface area (TPSA) is 53.0 Å². The molecule has 0 heterocycles.